The monoisotopic (exact) mass is 228 g/mol. The number of hydrogen-bond acceptors (Lipinski definition) is 3. The number of ether oxygens (including phenoxy) is 1. The molecule has 16 heavy (non-hydrogen) atoms. The molecule has 1 saturated heterocycles. The summed E-state index contributed by atoms with van der Waals surface area (Å²) < 4.78 is 5.43. The Kier molecular flexibility index (Phi) is 7.01. The van der Waals surface area contributed by atoms with E-state index in [4.69, 9.17) is 4.74 Å². The minimum atomic E-state index is 0.585. The molecule has 0 aromatic heterocycles. The Bertz CT molecular complexity index is 175. The van der Waals surface area contributed by atoms with Crippen molar-refractivity contribution in [2.24, 2.45) is 0 Å². The fourth-order valence-electron chi connectivity index (χ4n) is 2.16. The first-order valence-corrected chi connectivity index (χ1v) is 6.79. The first kappa shape index (κ1) is 13.9. The topological polar surface area (TPSA) is 24.5 Å². The van der Waals surface area contributed by atoms with E-state index in [2.05, 4.69) is 31.0 Å². The van der Waals surface area contributed by atoms with Crippen molar-refractivity contribution in [3.8, 4) is 0 Å². The second-order valence-corrected chi connectivity index (χ2v) is 4.96. The molecule has 3 heteroatoms. The van der Waals surface area contributed by atoms with Crippen LogP contribution >= 0.6 is 0 Å². The number of morpholine rings is 1. The SMILES string of the molecule is CCCCC(C)NCCN1CCOCC1C. The predicted octanol–water partition coefficient (Wildman–Crippen LogP) is 1.88. The van der Waals surface area contributed by atoms with Gasteiger partial charge in [-0.3, -0.25) is 4.90 Å². The lowest BCUT2D eigenvalue weighted by molar-refractivity contribution is 0.000189. The molecule has 0 aromatic carbocycles. The summed E-state index contributed by atoms with van der Waals surface area (Å²) in [5, 5.41) is 3.60. The van der Waals surface area contributed by atoms with Gasteiger partial charge in [-0.1, -0.05) is 19.8 Å². The highest BCUT2D eigenvalue weighted by molar-refractivity contribution is 4.72. The van der Waals surface area contributed by atoms with E-state index in [0.29, 0.717) is 12.1 Å². The van der Waals surface area contributed by atoms with Crippen molar-refractivity contribution in [3.05, 3.63) is 0 Å². The Labute approximate surface area is 101 Å². The molecule has 0 radical (unpaired) electrons. The third-order valence-electron chi connectivity index (χ3n) is 3.39. The van der Waals surface area contributed by atoms with E-state index in [-0.39, 0.29) is 0 Å². The fourth-order valence-corrected chi connectivity index (χ4v) is 2.16. The molecule has 0 amide bonds. The molecule has 1 aliphatic heterocycles. The van der Waals surface area contributed by atoms with Crippen molar-refractivity contribution in [3.63, 3.8) is 0 Å². The van der Waals surface area contributed by atoms with Crippen LogP contribution in [0.15, 0.2) is 0 Å². The molecular weight excluding hydrogens is 200 g/mol. The summed E-state index contributed by atoms with van der Waals surface area (Å²) >= 11 is 0. The average molecular weight is 228 g/mol. The average Bonchev–Trinajstić information content (AvgIpc) is 2.29. The lowest BCUT2D eigenvalue weighted by Crippen LogP contribution is -2.47. The zero-order valence-electron chi connectivity index (χ0n) is 11.2. The zero-order valence-corrected chi connectivity index (χ0v) is 11.2. The minimum Gasteiger partial charge on any atom is -0.379 e. The van der Waals surface area contributed by atoms with E-state index >= 15 is 0 Å². The summed E-state index contributed by atoms with van der Waals surface area (Å²) in [6.07, 6.45) is 3.93. The summed E-state index contributed by atoms with van der Waals surface area (Å²) in [6.45, 7) is 11.9. The maximum Gasteiger partial charge on any atom is 0.0619 e. The zero-order chi connectivity index (χ0) is 11.8. The highest BCUT2D eigenvalue weighted by atomic mass is 16.5. The quantitative estimate of drug-likeness (QED) is 0.720. The van der Waals surface area contributed by atoms with Crippen LogP contribution in [0.5, 0.6) is 0 Å². The molecule has 0 bridgehead atoms. The van der Waals surface area contributed by atoms with Gasteiger partial charge in [0.05, 0.1) is 13.2 Å². The molecular formula is C13H28N2O. The van der Waals surface area contributed by atoms with Crippen LogP contribution in [-0.4, -0.2) is 49.8 Å². The third-order valence-corrected chi connectivity index (χ3v) is 3.39. The van der Waals surface area contributed by atoms with E-state index < -0.39 is 0 Å². The van der Waals surface area contributed by atoms with E-state index in [1.165, 1.54) is 19.3 Å². The second-order valence-electron chi connectivity index (χ2n) is 4.96. The van der Waals surface area contributed by atoms with Gasteiger partial charge >= 0.3 is 0 Å². The Morgan fingerprint density at radius 3 is 3.00 bits per heavy atom. The summed E-state index contributed by atoms with van der Waals surface area (Å²) in [5.41, 5.74) is 0. The maximum atomic E-state index is 5.43. The molecule has 0 aromatic rings. The van der Waals surface area contributed by atoms with Gasteiger partial charge < -0.3 is 10.1 Å². The third kappa shape index (κ3) is 5.28. The first-order valence-electron chi connectivity index (χ1n) is 6.79. The Hall–Kier alpha value is -0.120. The standard InChI is InChI=1S/C13H28N2O/c1-4-5-6-12(2)14-7-8-15-9-10-16-11-13(15)3/h12-14H,4-11H2,1-3H3. The van der Waals surface area contributed by atoms with Crippen molar-refractivity contribution >= 4 is 0 Å². The normalized spacial score (nSPS) is 24.6. The number of hydrogen-bond donors (Lipinski definition) is 1. The molecule has 96 valence electrons. The number of nitrogens with one attached hydrogen (secondary N) is 1. The van der Waals surface area contributed by atoms with Crippen LogP contribution in [-0.2, 0) is 4.74 Å². The Balaban J connectivity index is 2.05. The van der Waals surface area contributed by atoms with Gasteiger partial charge in [-0.05, 0) is 20.3 Å². The maximum absolute atomic E-state index is 5.43. The van der Waals surface area contributed by atoms with Gasteiger partial charge in [0.2, 0.25) is 0 Å². The molecule has 0 saturated carbocycles. The van der Waals surface area contributed by atoms with Crippen molar-refractivity contribution in [1.29, 1.82) is 0 Å². The van der Waals surface area contributed by atoms with Gasteiger partial charge in [0.15, 0.2) is 0 Å². The van der Waals surface area contributed by atoms with E-state index in [9.17, 15) is 0 Å². The minimum absolute atomic E-state index is 0.585. The van der Waals surface area contributed by atoms with Crippen LogP contribution in [0.3, 0.4) is 0 Å². The number of unbranched alkanes of at least 4 members (excludes halogenated alkanes) is 1. The summed E-state index contributed by atoms with van der Waals surface area (Å²) in [5.74, 6) is 0. The van der Waals surface area contributed by atoms with Crippen molar-refractivity contribution in [1.82, 2.24) is 10.2 Å². The highest BCUT2D eigenvalue weighted by Crippen LogP contribution is 2.05. The lowest BCUT2D eigenvalue weighted by Gasteiger charge is -2.33. The van der Waals surface area contributed by atoms with Crippen LogP contribution < -0.4 is 5.32 Å². The molecule has 2 unspecified atom stereocenters. The fraction of sp³-hybridized carbons (Fsp3) is 1.00. The first-order chi connectivity index (χ1) is 7.74. The predicted molar refractivity (Wildman–Crippen MR) is 68.8 cm³/mol. The van der Waals surface area contributed by atoms with Crippen LogP contribution in [0, 0.1) is 0 Å². The second kappa shape index (κ2) is 8.04. The molecule has 1 N–H and O–H groups in total. The van der Waals surface area contributed by atoms with Gasteiger partial charge in [-0.2, -0.15) is 0 Å². The molecule has 1 aliphatic rings. The molecule has 3 nitrogen and oxygen atoms in total. The summed E-state index contributed by atoms with van der Waals surface area (Å²) in [6, 6.07) is 1.25. The molecule has 2 atom stereocenters. The van der Waals surface area contributed by atoms with E-state index in [1.54, 1.807) is 0 Å². The van der Waals surface area contributed by atoms with Crippen LogP contribution in [0.2, 0.25) is 0 Å². The molecule has 1 heterocycles. The van der Waals surface area contributed by atoms with Gasteiger partial charge in [0, 0.05) is 31.7 Å². The van der Waals surface area contributed by atoms with E-state index in [1.807, 2.05) is 0 Å². The summed E-state index contributed by atoms with van der Waals surface area (Å²) in [7, 11) is 0. The van der Waals surface area contributed by atoms with Crippen LogP contribution in [0.1, 0.15) is 40.0 Å². The Morgan fingerprint density at radius 1 is 1.50 bits per heavy atom. The van der Waals surface area contributed by atoms with E-state index in [0.717, 1.165) is 32.8 Å². The van der Waals surface area contributed by atoms with Crippen molar-refractivity contribution in [2.45, 2.75) is 52.1 Å². The largest absolute Gasteiger partial charge is 0.379 e. The molecule has 0 aliphatic carbocycles. The molecule has 1 fully saturated rings. The Morgan fingerprint density at radius 2 is 2.31 bits per heavy atom. The smallest absolute Gasteiger partial charge is 0.0619 e. The van der Waals surface area contributed by atoms with Crippen LogP contribution in [0.25, 0.3) is 0 Å². The number of nitrogens with zero attached hydrogens (tertiary/aromatic N) is 1. The molecule has 0 spiro atoms. The lowest BCUT2D eigenvalue weighted by atomic mass is 10.1. The van der Waals surface area contributed by atoms with Gasteiger partial charge in [0.1, 0.15) is 0 Å². The van der Waals surface area contributed by atoms with Crippen molar-refractivity contribution in [2.75, 3.05) is 32.8 Å². The number of rotatable bonds is 7. The van der Waals surface area contributed by atoms with Crippen molar-refractivity contribution < 1.29 is 4.74 Å². The van der Waals surface area contributed by atoms with Gasteiger partial charge in [-0.15, -0.1) is 0 Å². The van der Waals surface area contributed by atoms with Gasteiger partial charge in [0.25, 0.3) is 0 Å². The van der Waals surface area contributed by atoms with Gasteiger partial charge in [-0.25, -0.2) is 0 Å². The van der Waals surface area contributed by atoms with Crippen LogP contribution in [0.4, 0.5) is 0 Å². The molecule has 1 rings (SSSR count). The summed E-state index contributed by atoms with van der Waals surface area (Å²) in [4.78, 5) is 2.52. The highest BCUT2D eigenvalue weighted by Gasteiger charge is 2.17.